The van der Waals surface area contributed by atoms with Crippen LogP contribution in [0.1, 0.15) is 20.8 Å². The maximum absolute atomic E-state index is 11.4. The molecule has 0 saturated carbocycles. The molecule has 1 aliphatic carbocycles. The second-order valence-electron chi connectivity index (χ2n) is 3.31. The third kappa shape index (κ3) is 1.59. The van der Waals surface area contributed by atoms with Gasteiger partial charge in [-0.3, -0.25) is 4.79 Å². The van der Waals surface area contributed by atoms with Gasteiger partial charge in [0.05, 0.1) is 0 Å². The molecule has 11 heavy (non-hydrogen) atoms. The molecule has 0 aromatic heterocycles. The molecule has 0 heterocycles. The second-order valence-corrected chi connectivity index (χ2v) is 3.31. The van der Waals surface area contributed by atoms with Gasteiger partial charge in [0.15, 0.2) is 5.78 Å². The minimum Gasteiger partial charge on any atom is -0.294 e. The minimum atomic E-state index is 0.0809. The number of hydrogen-bond acceptors (Lipinski definition) is 1. The Bertz CT molecular complexity index is 221. The summed E-state index contributed by atoms with van der Waals surface area (Å²) >= 11 is 0. The third-order valence-corrected chi connectivity index (χ3v) is 2.00. The highest BCUT2D eigenvalue weighted by molar-refractivity contribution is 5.99. The molecule has 1 aliphatic rings. The van der Waals surface area contributed by atoms with E-state index in [1.165, 1.54) is 0 Å². The van der Waals surface area contributed by atoms with Gasteiger partial charge in [-0.05, 0) is 11.5 Å². The Balaban J connectivity index is 2.87. The number of Topliss-reactive ketones (excluding diaryl/α,β-unsaturated/α-hetero) is 1. The predicted octanol–water partition coefficient (Wildman–Crippen LogP) is 2.34. The average molecular weight is 150 g/mol. The van der Waals surface area contributed by atoms with E-state index >= 15 is 0 Å². The van der Waals surface area contributed by atoms with E-state index in [1.54, 1.807) is 0 Å². The SMILES string of the molecule is CC(C)C1=CC=CC(C)C1=O. The summed E-state index contributed by atoms with van der Waals surface area (Å²) < 4.78 is 0. The van der Waals surface area contributed by atoms with Crippen molar-refractivity contribution in [3.63, 3.8) is 0 Å². The van der Waals surface area contributed by atoms with Crippen LogP contribution in [0.4, 0.5) is 0 Å². The molecule has 1 unspecified atom stereocenters. The van der Waals surface area contributed by atoms with Crippen LogP contribution >= 0.6 is 0 Å². The summed E-state index contributed by atoms with van der Waals surface area (Å²) in [6, 6.07) is 0. The van der Waals surface area contributed by atoms with Crippen LogP contribution in [-0.2, 0) is 4.79 Å². The Hall–Kier alpha value is -0.850. The number of rotatable bonds is 1. The lowest BCUT2D eigenvalue weighted by molar-refractivity contribution is -0.118. The van der Waals surface area contributed by atoms with Gasteiger partial charge in [-0.25, -0.2) is 0 Å². The van der Waals surface area contributed by atoms with Gasteiger partial charge in [0.25, 0.3) is 0 Å². The number of allylic oxidation sites excluding steroid dienone is 4. The maximum Gasteiger partial charge on any atom is 0.165 e. The normalized spacial score (nSPS) is 24.2. The number of hydrogen-bond donors (Lipinski definition) is 0. The predicted molar refractivity (Wildman–Crippen MR) is 46.2 cm³/mol. The van der Waals surface area contributed by atoms with Crippen LogP contribution in [-0.4, -0.2) is 5.78 Å². The Morgan fingerprint density at radius 3 is 2.55 bits per heavy atom. The zero-order valence-corrected chi connectivity index (χ0v) is 7.29. The fraction of sp³-hybridized carbons (Fsp3) is 0.500. The van der Waals surface area contributed by atoms with E-state index in [-0.39, 0.29) is 11.7 Å². The van der Waals surface area contributed by atoms with Crippen LogP contribution in [0.15, 0.2) is 23.8 Å². The fourth-order valence-corrected chi connectivity index (χ4v) is 1.24. The van der Waals surface area contributed by atoms with Crippen molar-refractivity contribution in [3.05, 3.63) is 23.8 Å². The molecule has 0 amide bonds. The lowest BCUT2D eigenvalue weighted by Gasteiger charge is -2.15. The average Bonchev–Trinajstić information content (AvgIpc) is 1.94. The first-order valence-corrected chi connectivity index (χ1v) is 4.05. The maximum atomic E-state index is 11.4. The van der Waals surface area contributed by atoms with Crippen LogP contribution in [0.5, 0.6) is 0 Å². The molecule has 0 aromatic rings. The van der Waals surface area contributed by atoms with Gasteiger partial charge in [-0.15, -0.1) is 0 Å². The lowest BCUT2D eigenvalue weighted by Crippen LogP contribution is -2.17. The summed E-state index contributed by atoms with van der Waals surface area (Å²) in [7, 11) is 0. The van der Waals surface area contributed by atoms with Crippen LogP contribution in [0, 0.1) is 11.8 Å². The molecule has 0 saturated heterocycles. The first kappa shape index (κ1) is 8.25. The zero-order chi connectivity index (χ0) is 8.43. The second kappa shape index (κ2) is 3.04. The monoisotopic (exact) mass is 150 g/mol. The summed E-state index contributed by atoms with van der Waals surface area (Å²) in [4.78, 5) is 11.4. The van der Waals surface area contributed by atoms with Gasteiger partial charge in [-0.1, -0.05) is 39.0 Å². The van der Waals surface area contributed by atoms with E-state index in [2.05, 4.69) is 13.8 Å². The summed E-state index contributed by atoms with van der Waals surface area (Å²) in [5, 5.41) is 0. The molecule has 1 heteroatoms. The standard InChI is InChI=1S/C10H14O/c1-7(2)9-6-4-5-8(3)10(9)11/h4-8H,1-3H3. The Morgan fingerprint density at radius 2 is 2.09 bits per heavy atom. The molecule has 0 aromatic carbocycles. The van der Waals surface area contributed by atoms with Crippen LogP contribution < -0.4 is 0 Å². The highest BCUT2D eigenvalue weighted by atomic mass is 16.1. The molecule has 1 atom stereocenters. The van der Waals surface area contributed by atoms with E-state index in [9.17, 15) is 4.79 Å². The molecule has 1 rings (SSSR count). The zero-order valence-electron chi connectivity index (χ0n) is 7.29. The molecule has 0 bridgehead atoms. The highest BCUT2D eigenvalue weighted by Crippen LogP contribution is 2.20. The molecule has 0 aliphatic heterocycles. The van der Waals surface area contributed by atoms with E-state index < -0.39 is 0 Å². The molecule has 60 valence electrons. The molecular formula is C10H14O. The first-order chi connectivity index (χ1) is 5.13. The Morgan fingerprint density at radius 1 is 1.45 bits per heavy atom. The van der Waals surface area contributed by atoms with E-state index in [0.717, 1.165) is 5.57 Å². The van der Waals surface area contributed by atoms with Gasteiger partial charge >= 0.3 is 0 Å². The van der Waals surface area contributed by atoms with E-state index in [0.29, 0.717) is 5.92 Å². The smallest absolute Gasteiger partial charge is 0.165 e. The Kier molecular flexibility index (Phi) is 2.28. The third-order valence-electron chi connectivity index (χ3n) is 2.00. The van der Waals surface area contributed by atoms with Crippen LogP contribution in [0.2, 0.25) is 0 Å². The number of carbonyl (C=O) groups excluding carboxylic acids is 1. The first-order valence-electron chi connectivity index (χ1n) is 4.05. The summed E-state index contributed by atoms with van der Waals surface area (Å²) in [5.41, 5.74) is 0.958. The van der Waals surface area contributed by atoms with Crippen molar-refractivity contribution in [2.75, 3.05) is 0 Å². The van der Waals surface area contributed by atoms with Crippen molar-refractivity contribution in [3.8, 4) is 0 Å². The quantitative estimate of drug-likeness (QED) is 0.560. The van der Waals surface area contributed by atoms with Crippen molar-refractivity contribution >= 4 is 5.78 Å². The number of ketones is 1. The molecule has 0 radical (unpaired) electrons. The largest absolute Gasteiger partial charge is 0.294 e. The molecule has 0 spiro atoms. The lowest BCUT2D eigenvalue weighted by atomic mass is 9.88. The van der Waals surface area contributed by atoms with E-state index in [1.807, 2.05) is 25.2 Å². The van der Waals surface area contributed by atoms with Crippen LogP contribution in [0.25, 0.3) is 0 Å². The van der Waals surface area contributed by atoms with Crippen molar-refractivity contribution in [2.24, 2.45) is 11.8 Å². The molecule has 0 N–H and O–H groups in total. The molecule has 0 fully saturated rings. The topological polar surface area (TPSA) is 17.1 Å². The van der Waals surface area contributed by atoms with Gasteiger partial charge in [0.2, 0.25) is 0 Å². The van der Waals surface area contributed by atoms with Crippen LogP contribution in [0.3, 0.4) is 0 Å². The van der Waals surface area contributed by atoms with Crippen molar-refractivity contribution in [1.82, 2.24) is 0 Å². The van der Waals surface area contributed by atoms with Crippen molar-refractivity contribution in [1.29, 1.82) is 0 Å². The summed E-state index contributed by atoms with van der Waals surface area (Å²) in [6.07, 6.45) is 5.84. The molecule has 1 nitrogen and oxygen atoms in total. The van der Waals surface area contributed by atoms with Crippen molar-refractivity contribution in [2.45, 2.75) is 20.8 Å². The fourth-order valence-electron chi connectivity index (χ4n) is 1.24. The van der Waals surface area contributed by atoms with Gasteiger partial charge in [0, 0.05) is 5.92 Å². The van der Waals surface area contributed by atoms with Gasteiger partial charge < -0.3 is 0 Å². The minimum absolute atomic E-state index is 0.0809. The Labute approximate surface area is 67.8 Å². The van der Waals surface area contributed by atoms with Gasteiger partial charge in [0.1, 0.15) is 0 Å². The highest BCUT2D eigenvalue weighted by Gasteiger charge is 2.19. The van der Waals surface area contributed by atoms with Gasteiger partial charge in [-0.2, -0.15) is 0 Å². The summed E-state index contributed by atoms with van der Waals surface area (Å²) in [6.45, 7) is 6.04. The van der Waals surface area contributed by atoms with Crippen molar-refractivity contribution < 1.29 is 4.79 Å². The summed E-state index contributed by atoms with van der Waals surface area (Å²) in [5.74, 6) is 0.717. The van der Waals surface area contributed by atoms with E-state index in [4.69, 9.17) is 0 Å². The number of carbonyl (C=O) groups is 1. The molecular weight excluding hydrogens is 136 g/mol.